The fourth-order valence-corrected chi connectivity index (χ4v) is 2.55. The number of carbonyl (C=O) groups excluding carboxylic acids is 1. The Balaban J connectivity index is 1.78. The monoisotopic (exact) mass is 389 g/mol. The van der Waals surface area contributed by atoms with E-state index < -0.39 is 12.5 Å². The predicted molar refractivity (Wildman–Crippen MR) is 99.0 cm³/mol. The molecule has 1 N–H and O–H groups in total. The minimum absolute atomic E-state index is 0.0399. The Labute approximate surface area is 159 Å². The second-order valence-corrected chi connectivity index (χ2v) is 5.80. The maximum atomic E-state index is 12.6. The van der Waals surface area contributed by atoms with Crippen molar-refractivity contribution in [3.05, 3.63) is 83.4 Å². The van der Waals surface area contributed by atoms with Gasteiger partial charge in [0.25, 0.3) is 5.91 Å². The van der Waals surface area contributed by atoms with E-state index in [4.69, 9.17) is 16.3 Å². The molecule has 0 spiro atoms. The average molecular weight is 390 g/mol. The Morgan fingerprint density at radius 3 is 2.33 bits per heavy atom. The summed E-state index contributed by atoms with van der Waals surface area (Å²) in [7, 11) is 0. The maximum absolute atomic E-state index is 12.6. The van der Waals surface area contributed by atoms with Crippen molar-refractivity contribution < 1.29 is 23.0 Å². The van der Waals surface area contributed by atoms with Crippen LogP contribution in [0.5, 0.6) is 17.2 Å². The molecule has 4 nitrogen and oxygen atoms in total. The van der Waals surface area contributed by atoms with Gasteiger partial charge in [-0.2, -0.15) is 8.78 Å². The minimum atomic E-state index is -2.98. The molecule has 0 heterocycles. The fraction of sp³-hybridized carbons (Fsp3) is 0.0500. The molecular weight excluding hydrogens is 376 g/mol. The number of ether oxygens (including phenoxy) is 2. The number of alkyl halides is 2. The molecule has 3 aromatic rings. The molecule has 0 atom stereocenters. The Kier molecular flexibility index (Phi) is 5.88. The van der Waals surface area contributed by atoms with Crippen molar-refractivity contribution in [2.45, 2.75) is 6.61 Å². The van der Waals surface area contributed by atoms with E-state index >= 15 is 0 Å². The van der Waals surface area contributed by atoms with E-state index in [1.165, 1.54) is 18.2 Å². The van der Waals surface area contributed by atoms with E-state index in [0.29, 0.717) is 22.7 Å². The summed E-state index contributed by atoms with van der Waals surface area (Å²) in [6.07, 6.45) is 0. The number of amides is 1. The Hall–Kier alpha value is -3.12. The smallest absolute Gasteiger partial charge is 0.387 e. The lowest BCUT2D eigenvalue weighted by Gasteiger charge is -2.12. The first-order valence-electron chi connectivity index (χ1n) is 7.90. The van der Waals surface area contributed by atoms with Crippen LogP contribution in [-0.4, -0.2) is 12.5 Å². The molecule has 7 heteroatoms. The minimum Gasteiger partial charge on any atom is -0.457 e. The summed E-state index contributed by atoms with van der Waals surface area (Å²) in [5.74, 6) is 0.372. The van der Waals surface area contributed by atoms with Gasteiger partial charge in [0.1, 0.15) is 17.2 Å². The van der Waals surface area contributed by atoms with Crippen molar-refractivity contribution in [2.75, 3.05) is 5.32 Å². The second kappa shape index (κ2) is 8.51. The summed E-state index contributed by atoms with van der Waals surface area (Å²) in [6, 6.07) is 19.8. The van der Waals surface area contributed by atoms with Gasteiger partial charge in [0.05, 0.1) is 10.6 Å². The van der Waals surface area contributed by atoms with Crippen LogP contribution in [0.1, 0.15) is 10.4 Å². The molecule has 0 fully saturated rings. The van der Waals surface area contributed by atoms with Gasteiger partial charge in [-0.3, -0.25) is 4.79 Å². The quantitative estimate of drug-likeness (QED) is 0.563. The van der Waals surface area contributed by atoms with Crippen molar-refractivity contribution in [1.29, 1.82) is 0 Å². The topological polar surface area (TPSA) is 47.6 Å². The van der Waals surface area contributed by atoms with Gasteiger partial charge in [-0.1, -0.05) is 41.9 Å². The Morgan fingerprint density at radius 1 is 0.926 bits per heavy atom. The summed E-state index contributed by atoms with van der Waals surface area (Å²) < 4.78 is 34.6. The SMILES string of the molecule is O=C(Nc1ccc(OC(F)F)c(Cl)c1)c1ccccc1Oc1ccccc1. The molecule has 0 aliphatic rings. The highest BCUT2D eigenvalue weighted by molar-refractivity contribution is 6.32. The highest BCUT2D eigenvalue weighted by Crippen LogP contribution is 2.30. The molecule has 0 aromatic heterocycles. The van der Waals surface area contributed by atoms with Crippen LogP contribution in [0.3, 0.4) is 0 Å². The van der Waals surface area contributed by atoms with Crippen LogP contribution < -0.4 is 14.8 Å². The molecule has 0 aliphatic heterocycles. The van der Waals surface area contributed by atoms with Crippen LogP contribution in [0, 0.1) is 0 Å². The van der Waals surface area contributed by atoms with E-state index in [2.05, 4.69) is 10.1 Å². The van der Waals surface area contributed by atoms with Gasteiger partial charge >= 0.3 is 6.61 Å². The zero-order valence-corrected chi connectivity index (χ0v) is 14.6. The zero-order valence-electron chi connectivity index (χ0n) is 13.9. The van der Waals surface area contributed by atoms with Crippen molar-refractivity contribution in [1.82, 2.24) is 0 Å². The molecular formula is C20H14ClF2NO3. The van der Waals surface area contributed by atoms with Gasteiger partial charge < -0.3 is 14.8 Å². The molecule has 27 heavy (non-hydrogen) atoms. The first kappa shape index (κ1) is 18.7. The third-order valence-electron chi connectivity index (χ3n) is 3.51. The zero-order chi connectivity index (χ0) is 19.2. The van der Waals surface area contributed by atoms with Crippen molar-refractivity contribution in [3.63, 3.8) is 0 Å². The number of nitrogens with one attached hydrogen (secondary N) is 1. The summed E-state index contributed by atoms with van der Waals surface area (Å²) in [5.41, 5.74) is 0.645. The molecule has 138 valence electrons. The predicted octanol–water partition coefficient (Wildman–Crippen LogP) is 5.99. The van der Waals surface area contributed by atoms with Crippen LogP contribution >= 0.6 is 11.6 Å². The van der Waals surface area contributed by atoms with Crippen LogP contribution in [0.2, 0.25) is 5.02 Å². The number of carbonyl (C=O) groups is 1. The molecule has 0 unspecified atom stereocenters. The maximum Gasteiger partial charge on any atom is 0.387 e. The number of para-hydroxylation sites is 2. The molecule has 3 rings (SSSR count). The van der Waals surface area contributed by atoms with Gasteiger partial charge in [0.15, 0.2) is 0 Å². The Morgan fingerprint density at radius 2 is 1.63 bits per heavy atom. The number of hydrogen-bond acceptors (Lipinski definition) is 3. The standard InChI is InChI=1S/C20H14ClF2NO3/c21-16-12-13(10-11-18(16)27-20(22)23)24-19(25)15-8-4-5-9-17(15)26-14-6-2-1-3-7-14/h1-12,20H,(H,24,25). The second-order valence-electron chi connectivity index (χ2n) is 5.39. The van der Waals surface area contributed by atoms with Gasteiger partial charge in [0, 0.05) is 5.69 Å². The normalized spacial score (nSPS) is 10.5. The van der Waals surface area contributed by atoms with E-state index in [-0.39, 0.29) is 10.8 Å². The number of benzene rings is 3. The lowest BCUT2D eigenvalue weighted by molar-refractivity contribution is -0.0497. The van der Waals surface area contributed by atoms with Crippen molar-refractivity contribution >= 4 is 23.2 Å². The molecule has 0 radical (unpaired) electrons. The van der Waals surface area contributed by atoms with Gasteiger partial charge in [-0.15, -0.1) is 0 Å². The summed E-state index contributed by atoms with van der Waals surface area (Å²) >= 11 is 5.91. The first-order valence-corrected chi connectivity index (χ1v) is 8.28. The number of rotatable bonds is 6. The van der Waals surface area contributed by atoms with Crippen LogP contribution in [0.25, 0.3) is 0 Å². The van der Waals surface area contributed by atoms with Crippen LogP contribution in [0.15, 0.2) is 72.8 Å². The first-order chi connectivity index (χ1) is 13.0. The average Bonchev–Trinajstić information content (AvgIpc) is 2.65. The lowest BCUT2D eigenvalue weighted by Crippen LogP contribution is -2.13. The molecule has 0 saturated carbocycles. The third-order valence-corrected chi connectivity index (χ3v) is 3.80. The van der Waals surface area contributed by atoms with Crippen molar-refractivity contribution in [2.24, 2.45) is 0 Å². The van der Waals surface area contributed by atoms with E-state index in [1.807, 2.05) is 18.2 Å². The Bertz CT molecular complexity index is 936. The van der Waals surface area contributed by atoms with Gasteiger partial charge in [-0.05, 0) is 42.5 Å². The summed E-state index contributed by atoms with van der Waals surface area (Å²) in [4.78, 5) is 12.6. The fourth-order valence-electron chi connectivity index (χ4n) is 2.33. The van der Waals surface area contributed by atoms with Gasteiger partial charge in [0.2, 0.25) is 0 Å². The van der Waals surface area contributed by atoms with E-state index in [1.54, 1.807) is 36.4 Å². The summed E-state index contributed by atoms with van der Waals surface area (Å²) in [6.45, 7) is -2.98. The largest absolute Gasteiger partial charge is 0.457 e. The number of anilines is 1. The molecule has 0 bridgehead atoms. The lowest BCUT2D eigenvalue weighted by atomic mass is 10.1. The molecule has 0 aliphatic carbocycles. The number of halogens is 3. The van der Waals surface area contributed by atoms with Gasteiger partial charge in [-0.25, -0.2) is 0 Å². The van der Waals surface area contributed by atoms with Crippen LogP contribution in [-0.2, 0) is 0 Å². The van der Waals surface area contributed by atoms with E-state index in [0.717, 1.165) is 0 Å². The number of hydrogen-bond donors (Lipinski definition) is 1. The van der Waals surface area contributed by atoms with Crippen LogP contribution in [0.4, 0.5) is 14.5 Å². The highest BCUT2D eigenvalue weighted by Gasteiger charge is 2.15. The molecule has 0 saturated heterocycles. The van der Waals surface area contributed by atoms with E-state index in [9.17, 15) is 13.6 Å². The highest BCUT2D eigenvalue weighted by atomic mass is 35.5. The molecule has 1 amide bonds. The van der Waals surface area contributed by atoms with Crippen molar-refractivity contribution in [3.8, 4) is 17.2 Å². The molecule has 3 aromatic carbocycles. The summed E-state index contributed by atoms with van der Waals surface area (Å²) in [5, 5.41) is 2.62. The third kappa shape index (κ3) is 4.95.